The first-order valence-corrected chi connectivity index (χ1v) is 6.58. The Balaban J connectivity index is 2.52. The van der Waals surface area contributed by atoms with Gasteiger partial charge in [0.15, 0.2) is 0 Å². The predicted octanol–water partition coefficient (Wildman–Crippen LogP) is 1.66. The minimum absolute atomic E-state index is 0.194. The Bertz CT molecular complexity index is 374. The van der Waals surface area contributed by atoms with Crippen molar-refractivity contribution in [2.24, 2.45) is 0 Å². The SMILES string of the molecule is COc1ccc(C(C)NCC(C)(O)CN(C)C)cc1. The zero-order valence-electron chi connectivity index (χ0n) is 12.6. The number of hydrogen-bond acceptors (Lipinski definition) is 4. The Morgan fingerprint density at radius 3 is 2.37 bits per heavy atom. The molecule has 0 saturated carbocycles. The third-order valence-electron chi connectivity index (χ3n) is 3.06. The standard InChI is InChI=1S/C15H26N2O2/c1-12(13-6-8-14(19-5)9-7-13)16-10-15(2,18)11-17(3)4/h6-9,12,16,18H,10-11H2,1-5H3. The molecule has 19 heavy (non-hydrogen) atoms. The number of likely N-dealkylation sites (N-methyl/N-ethyl adjacent to an activating group) is 1. The van der Waals surface area contributed by atoms with Gasteiger partial charge in [0.2, 0.25) is 0 Å². The smallest absolute Gasteiger partial charge is 0.118 e. The summed E-state index contributed by atoms with van der Waals surface area (Å²) in [5.41, 5.74) is 0.450. The molecule has 0 fully saturated rings. The fourth-order valence-corrected chi connectivity index (χ4v) is 2.12. The minimum atomic E-state index is -0.732. The second-order valence-corrected chi connectivity index (χ2v) is 5.61. The average Bonchev–Trinajstić information content (AvgIpc) is 2.34. The van der Waals surface area contributed by atoms with E-state index in [1.54, 1.807) is 7.11 Å². The molecule has 0 aliphatic carbocycles. The summed E-state index contributed by atoms with van der Waals surface area (Å²) in [6.07, 6.45) is 0. The number of nitrogens with one attached hydrogen (secondary N) is 1. The Morgan fingerprint density at radius 2 is 1.89 bits per heavy atom. The van der Waals surface area contributed by atoms with Crippen molar-refractivity contribution in [3.05, 3.63) is 29.8 Å². The van der Waals surface area contributed by atoms with Crippen LogP contribution in [0.1, 0.15) is 25.5 Å². The van der Waals surface area contributed by atoms with Crippen LogP contribution in [0.5, 0.6) is 5.75 Å². The van der Waals surface area contributed by atoms with E-state index < -0.39 is 5.60 Å². The molecule has 1 aromatic carbocycles. The van der Waals surface area contributed by atoms with Gasteiger partial charge in [-0.25, -0.2) is 0 Å². The van der Waals surface area contributed by atoms with E-state index in [1.807, 2.05) is 50.2 Å². The number of aliphatic hydroxyl groups is 1. The molecule has 4 nitrogen and oxygen atoms in total. The molecule has 2 unspecified atom stereocenters. The van der Waals surface area contributed by atoms with Gasteiger partial charge in [-0.3, -0.25) is 0 Å². The topological polar surface area (TPSA) is 44.7 Å². The summed E-state index contributed by atoms with van der Waals surface area (Å²) in [4.78, 5) is 1.99. The highest BCUT2D eigenvalue weighted by atomic mass is 16.5. The normalized spacial score (nSPS) is 16.2. The fourth-order valence-electron chi connectivity index (χ4n) is 2.12. The monoisotopic (exact) mass is 266 g/mol. The van der Waals surface area contributed by atoms with Gasteiger partial charge in [-0.2, -0.15) is 0 Å². The van der Waals surface area contributed by atoms with Gasteiger partial charge in [-0.05, 0) is 45.6 Å². The van der Waals surface area contributed by atoms with Crippen LogP contribution in [0.4, 0.5) is 0 Å². The lowest BCUT2D eigenvalue weighted by atomic mass is 10.0. The Labute approximate surface area is 116 Å². The molecule has 0 aromatic heterocycles. The van der Waals surface area contributed by atoms with Crippen LogP contribution in [0.25, 0.3) is 0 Å². The molecule has 0 bridgehead atoms. The molecule has 4 heteroatoms. The lowest BCUT2D eigenvalue weighted by Crippen LogP contribution is -2.46. The van der Waals surface area contributed by atoms with Crippen LogP contribution >= 0.6 is 0 Å². The van der Waals surface area contributed by atoms with Crippen LogP contribution in [0, 0.1) is 0 Å². The van der Waals surface area contributed by atoms with Crippen LogP contribution in [-0.4, -0.2) is 49.9 Å². The molecule has 0 amide bonds. The summed E-state index contributed by atoms with van der Waals surface area (Å²) in [6, 6.07) is 8.17. The number of benzene rings is 1. The number of methoxy groups -OCH3 is 1. The average molecular weight is 266 g/mol. The van der Waals surface area contributed by atoms with E-state index in [2.05, 4.69) is 12.2 Å². The minimum Gasteiger partial charge on any atom is -0.497 e. The molecule has 0 aliphatic heterocycles. The number of nitrogens with zero attached hydrogens (tertiary/aromatic N) is 1. The summed E-state index contributed by atoms with van der Waals surface area (Å²) in [6.45, 7) is 5.13. The van der Waals surface area contributed by atoms with E-state index in [9.17, 15) is 5.11 Å². The molecule has 0 heterocycles. The first-order valence-electron chi connectivity index (χ1n) is 6.58. The molecule has 1 aromatic rings. The van der Waals surface area contributed by atoms with E-state index in [4.69, 9.17) is 4.74 Å². The van der Waals surface area contributed by atoms with Gasteiger partial charge in [-0.15, -0.1) is 0 Å². The summed E-state index contributed by atoms with van der Waals surface area (Å²) >= 11 is 0. The molecule has 2 atom stereocenters. The first-order chi connectivity index (χ1) is 8.84. The van der Waals surface area contributed by atoms with Gasteiger partial charge in [0.05, 0.1) is 12.7 Å². The third-order valence-corrected chi connectivity index (χ3v) is 3.06. The van der Waals surface area contributed by atoms with Gasteiger partial charge < -0.3 is 20.1 Å². The molecule has 2 N–H and O–H groups in total. The second kappa shape index (κ2) is 6.89. The van der Waals surface area contributed by atoms with E-state index in [0.717, 1.165) is 5.75 Å². The van der Waals surface area contributed by atoms with E-state index >= 15 is 0 Å². The summed E-state index contributed by atoms with van der Waals surface area (Å²) in [5.74, 6) is 0.857. The lowest BCUT2D eigenvalue weighted by molar-refractivity contribution is 0.0317. The maximum atomic E-state index is 10.2. The Kier molecular flexibility index (Phi) is 5.79. The molecule has 0 radical (unpaired) electrons. The highest BCUT2D eigenvalue weighted by Gasteiger charge is 2.21. The van der Waals surface area contributed by atoms with Crippen LogP contribution in [0.3, 0.4) is 0 Å². The summed E-state index contributed by atoms with van der Waals surface area (Å²) < 4.78 is 5.14. The lowest BCUT2D eigenvalue weighted by Gasteiger charge is -2.29. The van der Waals surface area contributed by atoms with Gasteiger partial charge in [0, 0.05) is 19.1 Å². The van der Waals surface area contributed by atoms with E-state index in [1.165, 1.54) is 5.56 Å². The van der Waals surface area contributed by atoms with Crippen molar-refractivity contribution in [1.82, 2.24) is 10.2 Å². The van der Waals surface area contributed by atoms with Crippen molar-refractivity contribution in [3.8, 4) is 5.75 Å². The highest BCUT2D eigenvalue weighted by molar-refractivity contribution is 5.28. The second-order valence-electron chi connectivity index (χ2n) is 5.61. The predicted molar refractivity (Wildman–Crippen MR) is 78.6 cm³/mol. The van der Waals surface area contributed by atoms with E-state index in [0.29, 0.717) is 13.1 Å². The zero-order chi connectivity index (χ0) is 14.5. The fraction of sp³-hybridized carbons (Fsp3) is 0.600. The van der Waals surface area contributed by atoms with Crippen LogP contribution < -0.4 is 10.1 Å². The van der Waals surface area contributed by atoms with Crippen LogP contribution in [0.15, 0.2) is 24.3 Å². The molecule has 0 spiro atoms. The molecule has 0 saturated heterocycles. The quantitative estimate of drug-likeness (QED) is 0.788. The molecule has 1 rings (SSSR count). The van der Waals surface area contributed by atoms with Crippen molar-refractivity contribution >= 4 is 0 Å². The molecule has 0 aliphatic rings. The maximum Gasteiger partial charge on any atom is 0.118 e. The molecule has 108 valence electrons. The van der Waals surface area contributed by atoms with Crippen LogP contribution in [0.2, 0.25) is 0 Å². The van der Waals surface area contributed by atoms with Crippen molar-refractivity contribution in [3.63, 3.8) is 0 Å². The number of rotatable bonds is 7. The van der Waals surface area contributed by atoms with Crippen molar-refractivity contribution in [1.29, 1.82) is 0 Å². The molecular weight excluding hydrogens is 240 g/mol. The number of hydrogen-bond donors (Lipinski definition) is 2. The van der Waals surface area contributed by atoms with Gasteiger partial charge in [0.1, 0.15) is 5.75 Å². The Morgan fingerprint density at radius 1 is 1.32 bits per heavy atom. The van der Waals surface area contributed by atoms with Crippen molar-refractivity contribution in [2.75, 3.05) is 34.3 Å². The summed E-state index contributed by atoms with van der Waals surface area (Å²) in [7, 11) is 5.58. The first kappa shape index (κ1) is 16.0. The maximum absolute atomic E-state index is 10.2. The third kappa shape index (κ3) is 5.59. The highest BCUT2D eigenvalue weighted by Crippen LogP contribution is 2.17. The zero-order valence-corrected chi connectivity index (χ0v) is 12.6. The number of ether oxygens (including phenoxy) is 1. The van der Waals surface area contributed by atoms with Gasteiger partial charge in [0.25, 0.3) is 0 Å². The molecular formula is C15H26N2O2. The van der Waals surface area contributed by atoms with Crippen LogP contribution in [-0.2, 0) is 0 Å². The van der Waals surface area contributed by atoms with Crippen molar-refractivity contribution in [2.45, 2.75) is 25.5 Å². The van der Waals surface area contributed by atoms with E-state index in [-0.39, 0.29) is 6.04 Å². The summed E-state index contributed by atoms with van der Waals surface area (Å²) in [5, 5.41) is 13.6. The van der Waals surface area contributed by atoms with Gasteiger partial charge >= 0.3 is 0 Å². The van der Waals surface area contributed by atoms with Crippen molar-refractivity contribution < 1.29 is 9.84 Å². The largest absolute Gasteiger partial charge is 0.497 e. The Hall–Kier alpha value is -1.10. The van der Waals surface area contributed by atoms with Gasteiger partial charge in [-0.1, -0.05) is 12.1 Å².